The highest BCUT2D eigenvalue weighted by molar-refractivity contribution is 6.30. The van der Waals surface area contributed by atoms with Gasteiger partial charge in [-0.15, -0.1) is 0 Å². The van der Waals surface area contributed by atoms with Gasteiger partial charge in [0.25, 0.3) is 5.91 Å². The molecule has 3 aromatic carbocycles. The Kier molecular flexibility index (Phi) is 8.98. The maximum atomic E-state index is 12.3. The minimum Gasteiger partial charge on any atom is -0.490 e. The molecule has 1 amide bonds. The fourth-order valence-electron chi connectivity index (χ4n) is 2.79. The van der Waals surface area contributed by atoms with Gasteiger partial charge in [-0.3, -0.25) is 4.79 Å². The first kappa shape index (κ1) is 24.4. The third kappa shape index (κ3) is 7.70. The molecule has 3 rings (SSSR count). The lowest BCUT2D eigenvalue weighted by Gasteiger charge is -2.13. The number of nitrogens with one attached hydrogen (secondary N) is 1. The molecule has 0 aromatic heterocycles. The molecule has 8 heteroatoms. The van der Waals surface area contributed by atoms with Crippen LogP contribution in [0.15, 0.2) is 71.8 Å². The summed E-state index contributed by atoms with van der Waals surface area (Å²) in [6.07, 6.45) is 0.776. The molecule has 0 fully saturated rings. The molecule has 3 aromatic rings. The molecule has 33 heavy (non-hydrogen) atoms. The van der Waals surface area contributed by atoms with Gasteiger partial charge in [0.15, 0.2) is 17.6 Å². The first-order valence-electron chi connectivity index (χ1n) is 10.3. The number of ether oxygens (including phenoxy) is 3. The maximum absolute atomic E-state index is 12.3. The molecule has 6 nitrogen and oxygen atoms in total. The van der Waals surface area contributed by atoms with Crippen molar-refractivity contribution in [3.8, 4) is 17.2 Å². The largest absolute Gasteiger partial charge is 0.490 e. The number of benzene rings is 3. The predicted molar refractivity (Wildman–Crippen MR) is 131 cm³/mol. The smallest absolute Gasteiger partial charge is 0.280 e. The average Bonchev–Trinajstić information content (AvgIpc) is 2.80. The summed E-state index contributed by atoms with van der Waals surface area (Å²) >= 11 is 11.9. The van der Waals surface area contributed by atoms with E-state index in [1.54, 1.807) is 43.3 Å². The fourth-order valence-corrected chi connectivity index (χ4v) is 3.10. The summed E-state index contributed by atoms with van der Waals surface area (Å²) in [5.41, 5.74) is 4.20. The second-order valence-corrected chi connectivity index (χ2v) is 7.88. The molecule has 0 spiro atoms. The highest BCUT2D eigenvalue weighted by Crippen LogP contribution is 2.29. The van der Waals surface area contributed by atoms with Crippen molar-refractivity contribution in [2.24, 2.45) is 5.10 Å². The third-order valence-corrected chi connectivity index (χ3v) is 4.93. The number of amides is 1. The van der Waals surface area contributed by atoms with Crippen LogP contribution in [-0.4, -0.2) is 24.8 Å². The van der Waals surface area contributed by atoms with Crippen LogP contribution in [0, 0.1) is 0 Å². The maximum Gasteiger partial charge on any atom is 0.280 e. The van der Waals surface area contributed by atoms with E-state index in [0.29, 0.717) is 40.5 Å². The van der Waals surface area contributed by atoms with Gasteiger partial charge in [0.2, 0.25) is 0 Å². The lowest BCUT2D eigenvalue weighted by molar-refractivity contribution is -0.127. The van der Waals surface area contributed by atoms with Crippen molar-refractivity contribution in [1.82, 2.24) is 5.43 Å². The summed E-state index contributed by atoms with van der Waals surface area (Å²) in [6.45, 7) is 4.38. The zero-order chi connectivity index (χ0) is 23.6. The summed E-state index contributed by atoms with van der Waals surface area (Å²) in [4.78, 5) is 12.3. The molecule has 0 unspecified atom stereocenters. The molecule has 172 valence electrons. The van der Waals surface area contributed by atoms with Crippen molar-refractivity contribution >= 4 is 35.3 Å². The van der Waals surface area contributed by atoms with E-state index < -0.39 is 6.10 Å². The Morgan fingerprint density at radius 2 is 1.79 bits per heavy atom. The number of hydrogen-bond acceptors (Lipinski definition) is 5. The van der Waals surface area contributed by atoms with Gasteiger partial charge < -0.3 is 14.2 Å². The van der Waals surface area contributed by atoms with Crippen molar-refractivity contribution in [2.45, 2.75) is 26.6 Å². The summed E-state index contributed by atoms with van der Waals surface area (Å²) in [6, 6.07) is 19.7. The Morgan fingerprint density at radius 1 is 1.00 bits per heavy atom. The van der Waals surface area contributed by atoms with Crippen LogP contribution in [0.4, 0.5) is 0 Å². The van der Waals surface area contributed by atoms with Crippen molar-refractivity contribution in [3.63, 3.8) is 0 Å². The summed E-state index contributed by atoms with van der Waals surface area (Å²) in [7, 11) is 0. The number of nitrogens with zero attached hydrogens (tertiary/aromatic N) is 1. The van der Waals surface area contributed by atoms with E-state index in [9.17, 15) is 4.79 Å². The van der Waals surface area contributed by atoms with E-state index in [1.807, 2.05) is 37.3 Å². The van der Waals surface area contributed by atoms with Gasteiger partial charge in [-0.2, -0.15) is 5.10 Å². The predicted octanol–water partition coefficient (Wildman–Crippen LogP) is 5.89. The first-order chi connectivity index (χ1) is 15.9. The number of hydrazone groups is 1. The van der Waals surface area contributed by atoms with Crippen LogP contribution in [0.5, 0.6) is 17.2 Å². The van der Waals surface area contributed by atoms with Gasteiger partial charge in [-0.05, 0) is 73.5 Å². The molecule has 0 aliphatic carbocycles. The normalized spacial score (nSPS) is 11.8. The number of halogens is 2. The number of rotatable bonds is 10. The molecule has 0 saturated carbocycles. The zero-order valence-corrected chi connectivity index (χ0v) is 19.8. The Labute approximate surface area is 203 Å². The fraction of sp³-hybridized carbons (Fsp3) is 0.200. The SMILES string of the molecule is CCOc1cc(/C=N\NC(=O)[C@H](C)Oc2cccc(Cl)c2)ccc1OCc1ccc(Cl)cc1. The Morgan fingerprint density at radius 3 is 2.52 bits per heavy atom. The number of hydrogen-bond donors (Lipinski definition) is 1. The topological polar surface area (TPSA) is 69.2 Å². The van der Waals surface area contributed by atoms with Crippen molar-refractivity contribution in [2.75, 3.05) is 6.61 Å². The van der Waals surface area contributed by atoms with Crippen LogP contribution < -0.4 is 19.6 Å². The molecule has 0 radical (unpaired) electrons. The average molecular weight is 487 g/mol. The van der Waals surface area contributed by atoms with Crippen LogP contribution in [0.3, 0.4) is 0 Å². The van der Waals surface area contributed by atoms with Gasteiger partial charge in [0, 0.05) is 10.0 Å². The number of carbonyl (C=O) groups is 1. The first-order valence-corrected chi connectivity index (χ1v) is 11.1. The molecule has 1 N–H and O–H groups in total. The van der Waals surface area contributed by atoms with Gasteiger partial charge >= 0.3 is 0 Å². The van der Waals surface area contributed by atoms with Crippen LogP contribution >= 0.6 is 23.2 Å². The molecular formula is C25H24Cl2N2O4. The van der Waals surface area contributed by atoms with Crippen LogP contribution in [0.2, 0.25) is 10.0 Å². The quantitative estimate of drug-likeness (QED) is 0.286. The van der Waals surface area contributed by atoms with Crippen LogP contribution in [0.1, 0.15) is 25.0 Å². The van der Waals surface area contributed by atoms with E-state index in [4.69, 9.17) is 37.4 Å². The Hall–Kier alpha value is -3.22. The zero-order valence-electron chi connectivity index (χ0n) is 18.3. The van der Waals surface area contributed by atoms with Crippen LogP contribution in [0.25, 0.3) is 0 Å². The Bertz CT molecular complexity index is 1100. The molecule has 0 saturated heterocycles. The van der Waals surface area contributed by atoms with Crippen molar-refractivity contribution in [1.29, 1.82) is 0 Å². The van der Waals surface area contributed by atoms with E-state index in [-0.39, 0.29) is 5.91 Å². The van der Waals surface area contributed by atoms with Crippen molar-refractivity contribution < 1.29 is 19.0 Å². The molecular weight excluding hydrogens is 463 g/mol. The van der Waals surface area contributed by atoms with E-state index in [1.165, 1.54) is 6.21 Å². The highest BCUT2D eigenvalue weighted by Gasteiger charge is 2.14. The minimum atomic E-state index is -0.747. The molecule has 1 atom stereocenters. The molecule has 0 heterocycles. The van der Waals surface area contributed by atoms with Gasteiger partial charge in [-0.25, -0.2) is 5.43 Å². The van der Waals surface area contributed by atoms with Crippen molar-refractivity contribution in [3.05, 3.63) is 87.9 Å². The standard InChI is InChI=1S/C25H24Cl2N2O4/c1-3-31-24-13-19(9-12-23(24)32-16-18-7-10-20(26)11-8-18)15-28-29-25(30)17(2)33-22-6-4-5-21(27)14-22/h4-15,17H,3,16H2,1-2H3,(H,29,30)/b28-15-/t17-/m0/s1. The summed E-state index contributed by atoms with van der Waals surface area (Å²) in [5, 5.41) is 5.22. The van der Waals surface area contributed by atoms with Gasteiger partial charge in [-0.1, -0.05) is 41.4 Å². The number of carbonyl (C=O) groups excluding carboxylic acids is 1. The van der Waals surface area contributed by atoms with E-state index in [2.05, 4.69) is 10.5 Å². The van der Waals surface area contributed by atoms with Gasteiger partial charge in [0.05, 0.1) is 12.8 Å². The molecule has 0 bridgehead atoms. The van der Waals surface area contributed by atoms with E-state index in [0.717, 1.165) is 11.1 Å². The van der Waals surface area contributed by atoms with Gasteiger partial charge in [0.1, 0.15) is 12.4 Å². The van der Waals surface area contributed by atoms with Crippen LogP contribution in [-0.2, 0) is 11.4 Å². The van der Waals surface area contributed by atoms with E-state index >= 15 is 0 Å². The minimum absolute atomic E-state index is 0.380. The Balaban J connectivity index is 1.58. The second kappa shape index (κ2) is 12.1. The lowest BCUT2D eigenvalue weighted by Crippen LogP contribution is -2.33. The highest BCUT2D eigenvalue weighted by atomic mass is 35.5. The molecule has 0 aliphatic heterocycles. The summed E-state index contributed by atoms with van der Waals surface area (Å²) in [5.74, 6) is 1.31. The monoisotopic (exact) mass is 486 g/mol. The second-order valence-electron chi connectivity index (χ2n) is 7.01. The summed E-state index contributed by atoms with van der Waals surface area (Å²) < 4.78 is 17.2. The molecule has 0 aliphatic rings. The third-order valence-electron chi connectivity index (χ3n) is 4.44. The lowest BCUT2D eigenvalue weighted by atomic mass is 10.2.